The topological polar surface area (TPSA) is 38.7 Å². The van der Waals surface area contributed by atoms with Gasteiger partial charge in [0.15, 0.2) is 11.5 Å². The zero-order valence-electron chi connectivity index (χ0n) is 12.8. The van der Waals surface area contributed by atoms with E-state index in [9.17, 15) is 5.11 Å². The maximum Gasteiger partial charge on any atom is 0.161 e. The Hall–Kier alpha value is -1.22. The van der Waals surface area contributed by atoms with Crippen molar-refractivity contribution in [3.63, 3.8) is 0 Å². The number of benzene rings is 1. The van der Waals surface area contributed by atoms with Crippen LogP contribution in [0.5, 0.6) is 11.5 Å². The van der Waals surface area contributed by atoms with Crippen LogP contribution < -0.4 is 9.47 Å². The molecule has 1 atom stereocenters. The molecule has 0 aliphatic heterocycles. The molecule has 1 aliphatic carbocycles. The molecule has 0 aromatic heterocycles. The number of hydrogen-bond acceptors (Lipinski definition) is 3. The van der Waals surface area contributed by atoms with Crippen molar-refractivity contribution in [3.05, 3.63) is 23.8 Å². The van der Waals surface area contributed by atoms with E-state index in [1.807, 2.05) is 18.2 Å². The number of aliphatic hydroxyl groups excluding tert-OH is 1. The van der Waals surface area contributed by atoms with E-state index in [-0.39, 0.29) is 0 Å². The van der Waals surface area contributed by atoms with Gasteiger partial charge in [-0.15, -0.1) is 0 Å². The van der Waals surface area contributed by atoms with Gasteiger partial charge in [0.05, 0.1) is 19.3 Å². The Morgan fingerprint density at radius 1 is 1.20 bits per heavy atom. The first kappa shape index (κ1) is 15.2. The van der Waals surface area contributed by atoms with Gasteiger partial charge in [-0.1, -0.05) is 19.4 Å². The molecule has 3 heteroatoms. The molecule has 20 heavy (non-hydrogen) atoms. The zero-order valence-corrected chi connectivity index (χ0v) is 12.8. The first-order chi connectivity index (χ1) is 9.63. The number of hydrogen-bond donors (Lipinski definition) is 1. The van der Waals surface area contributed by atoms with Crippen molar-refractivity contribution in [1.29, 1.82) is 0 Å². The maximum atomic E-state index is 9.62. The maximum absolute atomic E-state index is 9.62. The molecule has 0 saturated heterocycles. The summed E-state index contributed by atoms with van der Waals surface area (Å²) in [6, 6.07) is 5.67. The van der Waals surface area contributed by atoms with Crippen LogP contribution >= 0.6 is 0 Å². The molecule has 1 N–H and O–H groups in total. The molecule has 1 aliphatic rings. The molecular formula is C17H26O3. The molecule has 0 unspecified atom stereocenters. The van der Waals surface area contributed by atoms with Crippen molar-refractivity contribution < 1.29 is 14.6 Å². The Labute approximate surface area is 121 Å². The lowest BCUT2D eigenvalue weighted by Gasteiger charge is -2.28. The average Bonchev–Trinajstić information content (AvgIpc) is 2.48. The third-order valence-electron chi connectivity index (χ3n) is 4.33. The van der Waals surface area contributed by atoms with Gasteiger partial charge in [0.1, 0.15) is 0 Å². The summed E-state index contributed by atoms with van der Waals surface area (Å²) in [5.74, 6) is 2.37. The molecule has 1 fully saturated rings. The van der Waals surface area contributed by atoms with Gasteiger partial charge in [-0.05, 0) is 56.2 Å². The van der Waals surface area contributed by atoms with E-state index in [1.165, 1.54) is 19.3 Å². The van der Waals surface area contributed by atoms with Crippen molar-refractivity contribution in [1.82, 2.24) is 0 Å². The van der Waals surface area contributed by atoms with Crippen LogP contribution in [-0.2, 0) is 0 Å². The van der Waals surface area contributed by atoms with Crippen LogP contribution in [0, 0.1) is 5.92 Å². The number of ether oxygens (including phenoxy) is 2. The molecule has 0 amide bonds. The van der Waals surface area contributed by atoms with Crippen LogP contribution in [0.25, 0.3) is 0 Å². The van der Waals surface area contributed by atoms with Crippen LogP contribution in [0.3, 0.4) is 0 Å². The molecule has 1 aromatic rings. The van der Waals surface area contributed by atoms with Crippen molar-refractivity contribution in [2.45, 2.75) is 58.2 Å². The minimum absolute atomic E-state index is 0.295. The van der Waals surface area contributed by atoms with E-state index in [0.29, 0.717) is 11.9 Å². The Bertz CT molecular complexity index is 420. The quantitative estimate of drug-likeness (QED) is 0.881. The van der Waals surface area contributed by atoms with Crippen molar-refractivity contribution in [2.24, 2.45) is 5.92 Å². The van der Waals surface area contributed by atoms with E-state index in [2.05, 4.69) is 6.92 Å². The fourth-order valence-corrected chi connectivity index (χ4v) is 2.88. The van der Waals surface area contributed by atoms with Crippen LogP contribution in [0.15, 0.2) is 18.2 Å². The van der Waals surface area contributed by atoms with E-state index < -0.39 is 6.10 Å². The Morgan fingerprint density at radius 3 is 2.45 bits per heavy atom. The third kappa shape index (κ3) is 3.66. The first-order valence-electron chi connectivity index (χ1n) is 7.66. The highest BCUT2D eigenvalue weighted by molar-refractivity contribution is 5.43. The molecule has 3 nitrogen and oxygen atoms in total. The fourth-order valence-electron chi connectivity index (χ4n) is 2.88. The number of rotatable bonds is 5. The Kier molecular flexibility index (Phi) is 5.30. The van der Waals surface area contributed by atoms with E-state index in [1.54, 1.807) is 14.0 Å². The van der Waals surface area contributed by atoms with Gasteiger partial charge in [-0.3, -0.25) is 0 Å². The van der Waals surface area contributed by atoms with Crippen LogP contribution in [-0.4, -0.2) is 18.3 Å². The molecule has 0 heterocycles. The minimum atomic E-state index is -0.488. The van der Waals surface area contributed by atoms with Crippen LogP contribution in [0.4, 0.5) is 0 Å². The molecule has 0 radical (unpaired) electrons. The van der Waals surface area contributed by atoms with Gasteiger partial charge in [0.25, 0.3) is 0 Å². The van der Waals surface area contributed by atoms with Gasteiger partial charge < -0.3 is 14.6 Å². The minimum Gasteiger partial charge on any atom is -0.493 e. The predicted octanol–water partition coefficient (Wildman–Crippen LogP) is 4.10. The van der Waals surface area contributed by atoms with Crippen molar-refractivity contribution in [3.8, 4) is 11.5 Å². The Morgan fingerprint density at radius 2 is 1.90 bits per heavy atom. The number of aliphatic hydroxyl groups is 1. The molecule has 112 valence electrons. The SMILES string of the molecule is CCC1CCC(Oc2ccc([C@H](C)O)cc2OC)CC1. The second-order valence-corrected chi connectivity index (χ2v) is 5.76. The van der Waals surface area contributed by atoms with Crippen LogP contribution in [0.2, 0.25) is 0 Å². The molecule has 1 saturated carbocycles. The molecule has 1 aromatic carbocycles. The highest BCUT2D eigenvalue weighted by Gasteiger charge is 2.22. The summed E-state index contributed by atoms with van der Waals surface area (Å²) in [4.78, 5) is 0. The largest absolute Gasteiger partial charge is 0.493 e. The lowest BCUT2D eigenvalue weighted by Crippen LogP contribution is -2.24. The van der Waals surface area contributed by atoms with Gasteiger partial charge in [-0.2, -0.15) is 0 Å². The van der Waals surface area contributed by atoms with E-state index in [0.717, 1.165) is 30.1 Å². The monoisotopic (exact) mass is 278 g/mol. The van der Waals surface area contributed by atoms with E-state index >= 15 is 0 Å². The summed E-state index contributed by atoms with van der Waals surface area (Å²) in [6.07, 6.45) is 5.85. The van der Waals surface area contributed by atoms with Crippen LogP contribution in [0.1, 0.15) is 57.6 Å². The van der Waals surface area contributed by atoms with Gasteiger partial charge >= 0.3 is 0 Å². The lowest BCUT2D eigenvalue weighted by atomic mass is 9.86. The second-order valence-electron chi connectivity index (χ2n) is 5.76. The molecular weight excluding hydrogens is 252 g/mol. The zero-order chi connectivity index (χ0) is 14.5. The van der Waals surface area contributed by atoms with Gasteiger partial charge in [-0.25, -0.2) is 0 Å². The normalized spacial score (nSPS) is 24.2. The van der Waals surface area contributed by atoms with Gasteiger partial charge in [0, 0.05) is 0 Å². The van der Waals surface area contributed by atoms with Gasteiger partial charge in [0.2, 0.25) is 0 Å². The number of methoxy groups -OCH3 is 1. The summed E-state index contributed by atoms with van der Waals surface area (Å²) >= 11 is 0. The lowest BCUT2D eigenvalue weighted by molar-refractivity contribution is 0.125. The molecule has 0 spiro atoms. The summed E-state index contributed by atoms with van der Waals surface area (Å²) in [6.45, 7) is 4.02. The average molecular weight is 278 g/mol. The summed E-state index contributed by atoms with van der Waals surface area (Å²) in [5, 5.41) is 9.62. The highest BCUT2D eigenvalue weighted by Crippen LogP contribution is 2.34. The summed E-state index contributed by atoms with van der Waals surface area (Å²) in [7, 11) is 1.64. The predicted molar refractivity (Wildman–Crippen MR) is 80.3 cm³/mol. The fraction of sp³-hybridized carbons (Fsp3) is 0.647. The standard InChI is InChI=1S/C17H26O3/c1-4-13-5-8-15(9-6-13)20-16-10-7-14(12(2)18)11-17(16)19-3/h7,10-13,15,18H,4-6,8-9H2,1-3H3/t12-,13?,15?/m0/s1. The smallest absolute Gasteiger partial charge is 0.161 e. The summed E-state index contributed by atoms with van der Waals surface area (Å²) < 4.78 is 11.5. The Balaban J connectivity index is 2.02. The first-order valence-corrected chi connectivity index (χ1v) is 7.66. The molecule has 0 bridgehead atoms. The third-order valence-corrected chi connectivity index (χ3v) is 4.33. The molecule has 2 rings (SSSR count). The van der Waals surface area contributed by atoms with Crippen molar-refractivity contribution in [2.75, 3.05) is 7.11 Å². The second kappa shape index (κ2) is 6.98. The summed E-state index contributed by atoms with van der Waals surface area (Å²) in [5.41, 5.74) is 0.851. The van der Waals surface area contributed by atoms with E-state index in [4.69, 9.17) is 9.47 Å². The van der Waals surface area contributed by atoms with Crippen molar-refractivity contribution >= 4 is 0 Å². The highest BCUT2D eigenvalue weighted by atomic mass is 16.5.